The first-order valence-corrected chi connectivity index (χ1v) is 5.19. The van der Waals surface area contributed by atoms with Crippen molar-refractivity contribution in [3.63, 3.8) is 0 Å². The van der Waals surface area contributed by atoms with Gasteiger partial charge in [0.25, 0.3) is 0 Å². The average molecular weight is 284 g/mol. The number of rotatable bonds is 2. The molecule has 2 N–H and O–H groups in total. The van der Waals surface area contributed by atoms with Crippen LogP contribution in [0.2, 0.25) is 0 Å². The van der Waals surface area contributed by atoms with E-state index < -0.39 is 11.9 Å². The highest BCUT2D eigenvalue weighted by atomic mass is 79.9. The number of nitrogens with zero attached hydrogens (tertiary/aromatic N) is 2. The lowest BCUT2D eigenvalue weighted by atomic mass is 10.3. The third kappa shape index (κ3) is 2.34. The maximum absolute atomic E-state index is 12.3. The highest BCUT2D eigenvalue weighted by Gasteiger charge is 2.40. The lowest BCUT2D eigenvalue weighted by molar-refractivity contribution is -0.141. The van der Waals surface area contributed by atoms with Crippen LogP contribution in [0.25, 0.3) is 0 Å². The van der Waals surface area contributed by atoms with E-state index >= 15 is 0 Å². The fourth-order valence-corrected chi connectivity index (χ4v) is 1.68. The highest BCUT2D eigenvalue weighted by Crippen LogP contribution is 2.36. The zero-order valence-corrected chi connectivity index (χ0v) is 9.27. The minimum Gasteiger partial charge on any atom is -0.324 e. The van der Waals surface area contributed by atoms with Gasteiger partial charge in [0.2, 0.25) is 0 Å². The molecular formula is C8H9BrF3N3. The maximum atomic E-state index is 12.3. The van der Waals surface area contributed by atoms with Crippen molar-refractivity contribution in [2.24, 2.45) is 5.73 Å². The van der Waals surface area contributed by atoms with E-state index in [9.17, 15) is 13.2 Å². The molecule has 0 amide bonds. The Kier molecular flexibility index (Phi) is 2.34. The summed E-state index contributed by atoms with van der Waals surface area (Å²) in [5.74, 6) is 0. The molecule has 1 aromatic heterocycles. The van der Waals surface area contributed by atoms with Gasteiger partial charge < -0.3 is 5.73 Å². The van der Waals surface area contributed by atoms with Gasteiger partial charge in [-0.25, -0.2) is 0 Å². The third-order valence-corrected chi connectivity index (χ3v) is 3.02. The fourth-order valence-electron chi connectivity index (χ4n) is 1.26. The van der Waals surface area contributed by atoms with Crippen LogP contribution in [0.15, 0.2) is 10.7 Å². The molecule has 1 aromatic rings. The molecule has 0 unspecified atom stereocenters. The molecule has 1 aliphatic rings. The van der Waals surface area contributed by atoms with Gasteiger partial charge >= 0.3 is 6.18 Å². The van der Waals surface area contributed by atoms with E-state index in [2.05, 4.69) is 21.0 Å². The van der Waals surface area contributed by atoms with E-state index in [1.165, 1.54) is 4.68 Å². The Morgan fingerprint density at radius 3 is 2.53 bits per heavy atom. The van der Waals surface area contributed by atoms with Crippen molar-refractivity contribution >= 4 is 15.9 Å². The van der Waals surface area contributed by atoms with E-state index in [1.807, 2.05) is 0 Å². The minimum atomic E-state index is -4.40. The summed E-state index contributed by atoms with van der Waals surface area (Å²) in [7, 11) is 0. The summed E-state index contributed by atoms with van der Waals surface area (Å²) in [5.41, 5.74) is 4.55. The van der Waals surface area contributed by atoms with Crippen LogP contribution in [0.3, 0.4) is 0 Å². The standard InChI is InChI=1S/C8H9BrF3N3/c9-6-3-5(8(10,11)12)14-15(6)4-7(13)1-2-7/h3H,1-2,4,13H2. The van der Waals surface area contributed by atoms with Crippen molar-refractivity contribution in [1.82, 2.24) is 9.78 Å². The van der Waals surface area contributed by atoms with Gasteiger partial charge in [-0.15, -0.1) is 0 Å². The molecule has 1 heterocycles. The Labute approximate surface area is 92.6 Å². The number of nitrogens with two attached hydrogens (primary N) is 1. The lowest BCUT2D eigenvalue weighted by Gasteiger charge is -2.09. The van der Waals surface area contributed by atoms with Gasteiger partial charge in [-0.05, 0) is 28.8 Å². The van der Waals surface area contributed by atoms with E-state index in [0.717, 1.165) is 18.9 Å². The van der Waals surface area contributed by atoms with Crippen molar-refractivity contribution in [2.45, 2.75) is 31.1 Å². The van der Waals surface area contributed by atoms with Crippen LogP contribution >= 0.6 is 15.9 Å². The summed E-state index contributed by atoms with van der Waals surface area (Å²) in [5, 5.41) is 3.47. The predicted octanol–water partition coefficient (Wildman–Crippen LogP) is 2.16. The van der Waals surface area contributed by atoms with Crippen molar-refractivity contribution in [3.8, 4) is 0 Å². The second-order valence-electron chi connectivity index (χ2n) is 3.87. The summed E-state index contributed by atoms with van der Waals surface area (Å²) < 4.78 is 38.5. The fraction of sp³-hybridized carbons (Fsp3) is 0.625. The lowest BCUT2D eigenvalue weighted by Crippen LogP contribution is -2.29. The molecule has 0 atom stereocenters. The summed E-state index contributed by atoms with van der Waals surface area (Å²) >= 11 is 3.03. The molecular weight excluding hydrogens is 275 g/mol. The van der Waals surface area contributed by atoms with Crippen LogP contribution in [0.4, 0.5) is 13.2 Å². The third-order valence-electron chi connectivity index (χ3n) is 2.38. The highest BCUT2D eigenvalue weighted by molar-refractivity contribution is 9.10. The maximum Gasteiger partial charge on any atom is 0.435 e. The molecule has 15 heavy (non-hydrogen) atoms. The van der Waals surface area contributed by atoms with Crippen LogP contribution in [0.5, 0.6) is 0 Å². The number of hydrogen-bond acceptors (Lipinski definition) is 2. The van der Waals surface area contributed by atoms with E-state index in [0.29, 0.717) is 11.1 Å². The molecule has 0 aliphatic heterocycles. The van der Waals surface area contributed by atoms with E-state index in [-0.39, 0.29) is 5.54 Å². The smallest absolute Gasteiger partial charge is 0.324 e. The zero-order valence-electron chi connectivity index (χ0n) is 7.68. The minimum absolute atomic E-state index is 0.312. The Balaban J connectivity index is 2.22. The molecule has 1 saturated carbocycles. The molecule has 0 radical (unpaired) electrons. The number of hydrogen-bond donors (Lipinski definition) is 1. The van der Waals surface area contributed by atoms with Gasteiger partial charge in [-0.1, -0.05) is 0 Å². The van der Waals surface area contributed by atoms with Gasteiger partial charge in [0.15, 0.2) is 5.69 Å². The summed E-state index contributed by atoms with van der Waals surface area (Å²) in [6, 6.07) is 0.964. The van der Waals surface area contributed by atoms with Gasteiger partial charge in [0.1, 0.15) is 4.60 Å². The summed E-state index contributed by atoms with van der Waals surface area (Å²) in [6.07, 6.45) is -2.74. The summed E-state index contributed by atoms with van der Waals surface area (Å²) in [6.45, 7) is 0.323. The molecule has 84 valence electrons. The van der Waals surface area contributed by atoms with Crippen LogP contribution in [0.1, 0.15) is 18.5 Å². The first-order valence-electron chi connectivity index (χ1n) is 4.40. The number of alkyl halides is 3. The van der Waals surface area contributed by atoms with Crippen LogP contribution in [-0.2, 0) is 12.7 Å². The first kappa shape index (κ1) is 10.9. The molecule has 0 spiro atoms. The second kappa shape index (κ2) is 3.21. The normalized spacial score (nSPS) is 19.3. The molecule has 1 aliphatic carbocycles. The van der Waals surface area contributed by atoms with Gasteiger partial charge in [0, 0.05) is 11.6 Å². The zero-order chi connectivity index (χ0) is 11.3. The SMILES string of the molecule is NC1(Cn2nc(C(F)(F)F)cc2Br)CC1. The largest absolute Gasteiger partial charge is 0.435 e. The average Bonchev–Trinajstić information content (AvgIpc) is 2.67. The molecule has 0 bridgehead atoms. The summed E-state index contributed by atoms with van der Waals surface area (Å²) in [4.78, 5) is 0. The van der Waals surface area contributed by atoms with Crippen LogP contribution < -0.4 is 5.73 Å². The second-order valence-corrected chi connectivity index (χ2v) is 4.68. The Morgan fingerprint density at radius 1 is 1.53 bits per heavy atom. The molecule has 0 saturated heterocycles. The first-order chi connectivity index (χ1) is 6.80. The molecule has 0 aromatic carbocycles. The topological polar surface area (TPSA) is 43.8 Å². The van der Waals surface area contributed by atoms with Gasteiger partial charge in [-0.3, -0.25) is 4.68 Å². The number of aromatic nitrogens is 2. The van der Waals surface area contributed by atoms with E-state index in [4.69, 9.17) is 5.73 Å². The molecule has 2 rings (SSSR count). The van der Waals surface area contributed by atoms with Crippen LogP contribution in [0, 0.1) is 0 Å². The van der Waals surface area contributed by atoms with Gasteiger partial charge in [-0.2, -0.15) is 18.3 Å². The van der Waals surface area contributed by atoms with Crippen molar-refractivity contribution in [3.05, 3.63) is 16.4 Å². The quantitative estimate of drug-likeness (QED) is 0.904. The molecule has 3 nitrogen and oxygen atoms in total. The Hall–Kier alpha value is -0.560. The molecule has 1 fully saturated rings. The monoisotopic (exact) mass is 283 g/mol. The number of halogens is 4. The van der Waals surface area contributed by atoms with Crippen molar-refractivity contribution in [1.29, 1.82) is 0 Å². The van der Waals surface area contributed by atoms with Gasteiger partial charge in [0.05, 0.1) is 6.54 Å². The predicted molar refractivity (Wildman–Crippen MR) is 51.1 cm³/mol. The Bertz CT molecular complexity index is 381. The van der Waals surface area contributed by atoms with Crippen LogP contribution in [-0.4, -0.2) is 15.3 Å². The Morgan fingerprint density at radius 2 is 2.13 bits per heavy atom. The van der Waals surface area contributed by atoms with E-state index in [1.54, 1.807) is 0 Å². The molecule has 7 heteroatoms. The van der Waals surface area contributed by atoms with Crippen molar-refractivity contribution in [2.75, 3.05) is 0 Å². The van der Waals surface area contributed by atoms with Crippen molar-refractivity contribution < 1.29 is 13.2 Å².